The van der Waals surface area contributed by atoms with Gasteiger partial charge in [-0.25, -0.2) is 8.78 Å². The third-order valence-corrected chi connectivity index (χ3v) is 3.74. The lowest BCUT2D eigenvalue weighted by Gasteiger charge is -2.07. The molecule has 0 aliphatic carbocycles. The topological polar surface area (TPSA) is 35.2 Å². The molecule has 0 fully saturated rings. The number of hydrogen-bond donors (Lipinski definition) is 1. The largest absolute Gasteiger partial charge is 0.497 e. The van der Waals surface area contributed by atoms with Crippen LogP contribution in [0.3, 0.4) is 0 Å². The molecule has 2 aromatic rings. The van der Waals surface area contributed by atoms with Crippen LogP contribution in [0.1, 0.15) is 5.56 Å². The summed E-state index contributed by atoms with van der Waals surface area (Å²) in [5.74, 6) is 0.147. The van der Waals surface area contributed by atoms with Gasteiger partial charge < -0.3 is 10.5 Å². The van der Waals surface area contributed by atoms with Gasteiger partial charge in [0.05, 0.1) is 7.11 Å². The molecule has 2 rings (SSSR count). The first-order chi connectivity index (χ1) is 9.10. The van der Waals surface area contributed by atoms with Crippen molar-refractivity contribution in [1.82, 2.24) is 0 Å². The van der Waals surface area contributed by atoms with Crippen LogP contribution in [0, 0.1) is 11.6 Å². The minimum Gasteiger partial charge on any atom is -0.497 e. The van der Waals surface area contributed by atoms with Crippen LogP contribution in [0.15, 0.2) is 41.3 Å². The van der Waals surface area contributed by atoms with Crippen molar-refractivity contribution >= 4 is 17.4 Å². The van der Waals surface area contributed by atoms with Crippen LogP contribution in [0.25, 0.3) is 0 Å². The summed E-state index contributed by atoms with van der Waals surface area (Å²) in [4.78, 5) is 0.607. The lowest BCUT2D eigenvalue weighted by molar-refractivity contribution is 0.411. The Morgan fingerprint density at radius 3 is 2.63 bits per heavy atom. The molecule has 5 heteroatoms. The first-order valence-corrected chi connectivity index (χ1v) is 6.59. The van der Waals surface area contributed by atoms with E-state index < -0.39 is 0 Å². The van der Waals surface area contributed by atoms with E-state index in [1.807, 2.05) is 0 Å². The number of thioether (sulfide) groups is 1. The first kappa shape index (κ1) is 13.7. The summed E-state index contributed by atoms with van der Waals surface area (Å²) in [5, 5.41) is 0. The van der Waals surface area contributed by atoms with Gasteiger partial charge in [0.15, 0.2) is 0 Å². The van der Waals surface area contributed by atoms with E-state index in [1.54, 1.807) is 12.1 Å². The molecule has 0 atom stereocenters. The van der Waals surface area contributed by atoms with E-state index in [0.29, 0.717) is 27.6 Å². The molecule has 2 aromatic carbocycles. The monoisotopic (exact) mass is 281 g/mol. The highest BCUT2D eigenvalue weighted by Gasteiger charge is 2.07. The third-order valence-electron chi connectivity index (χ3n) is 2.62. The van der Waals surface area contributed by atoms with Crippen molar-refractivity contribution < 1.29 is 13.5 Å². The molecule has 0 aliphatic heterocycles. The number of halogens is 2. The molecule has 19 heavy (non-hydrogen) atoms. The summed E-state index contributed by atoms with van der Waals surface area (Å²) >= 11 is 1.30. The molecule has 0 heterocycles. The Bertz CT molecular complexity index is 590. The number of methoxy groups -OCH3 is 1. The van der Waals surface area contributed by atoms with Crippen molar-refractivity contribution in [1.29, 1.82) is 0 Å². The van der Waals surface area contributed by atoms with Crippen LogP contribution in [0.4, 0.5) is 14.5 Å². The lowest BCUT2D eigenvalue weighted by atomic mass is 10.2. The van der Waals surface area contributed by atoms with Gasteiger partial charge in [-0.05, 0) is 29.8 Å². The highest BCUT2D eigenvalue weighted by molar-refractivity contribution is 7.98. The van der Waals surface area contributed by atoms with Crippen molar-refractivity contribution in [3.63, 3.8) is 0 Å². The number of hydrogen-bond acceptors (Lipinski definition) is 3. The van der Waals surface area contributed by atoms with Gasteiger partial charge in [0, 0.05) is 22.4 Å². The van der Waals surface area contributed by atoms with E-state index >= 15 is 0 Å². The second-order valence-corrected chi connectivity index (χ2v) is 4.95. The number of rotatable bonds is 4. The average Bonchev–Trinajstić information content (AvgIpc) is 2.40. The van der Waals surface area contributed by atoms with Crippen molar-refractivity contribution in [3.05, 3.63) is 53.6 Å². The summed E-state index contributed by atoms with van der Waals surface area (Å²) in [6.45, 7) is 0. The highest BCUT2D eigenvalue weighted by atomic mass is 32.2. The Morgan fingerprint density at radius 2 is 1.95 bits per heavy atom. The van der Waals surface area contributed by atoms with E-state index in [9.17, 15) is 8.78 Å². The second kappa shape index (κ2) is 5.93. The molecule has 0 spiro atoms. The molecule has 2 N–H and O–H groups in total. The standard InChI is InChI=1S/C14H13F2NOS/c1-18-11-4-2-9(12(16)7-11)8-19-14-6-10(15)3-5-13(14)17/h2-7H,8,17H2,1H3. The van der Waals surface area contributed by atoms with Gasteiger partial charge in [0.1, 0.15) is 17.4 Å². The molecule has 0 saturated carbocycles. The van der Waals surface area contributed by atoms with Gasteiger partial charge in [-0.2, -0.15) is 0 Å². The second-order valence-electron chi connectivity index (χ2n) is 3.93. The molecule has 0 radical (unpaired) electrons. The molecule has 0 bridgehead atoms. The van der Waals surface area contributed by atoms with Gasteiger partial charge in [0.25, 0.3) is 0 Å². The van der Waals surface area contributed by atoms with Gasteiger partial charge >= 0.3 is 0 Å². The summed E-state index contributed by atoms with van der Waals surface area (Å²) in [6, 6.07) is 8.81. The third kappa shape index (κ3) is 3.38. The maximum Gasteiger partial charge on any atom is 0.130 e. The van der Waals surface area contributed by atoms with Crippen molar-refractivity contribution in [2.24, 2.45) is 0 Å². The van der Waals surface area contributed by atoms with E-state index in [2.05, 4.69) is 0 Å². The molecule has 100 valence electrons. The van der Waals surface area contributed by atoms with Crippen LogP contribution in [-0.2, 0) is 5.75 Å². The van der Waals surface area contributed by atoms with Crippen LogP contribution in [0.2, 0.25) is 0 Å². The van der Waals surface area contributed by atoms with Crippen LogP contribution < -0.4 is 10.5 Å². The zero-order chi connectivity index (χ0) is 13.8. The Hall–Kier alpha value is -1.75. The van der Waals surface area contributed by atoms with E-state index in [1.165, 1.54) is 43.1 Å². The highest BCUT2D eigenvalue weighted by Crippen LogP contribution is 2.30. The fourth-order valence-corrected chi connectivity index (χ4v) is 2.54. The van der Waals surface area contributed by atoms with E-state index in [4.69, 9.17) is 10.5 Å². The summed E-state index contributed by atoms with van der Waals surface area (Å²) in [5.41, 5.74) is 6.75. The van der Waals surface area contributed by atoms with Gasteiger partial charge in [-0.3, -0.25) is 0 Å². The van der Waals surface area contributed by atoms with E-state index in [0.717, 1.165) is 0 Å². The number of ether oxygens (including phenoxy) is 1. The summed E-state index contributed by atoms with van der Waals surface area (Å²) < 4.78 is 31.7. The van der Waals surface area contributed by atoms with Crippen LogP contribution in [-0.4, -0.2) is 7.11 Å². The van der Waals surface area contributed by atoms with Gasteiger partial charge in [-0.15, -0.1) is 11.8 Å². The van der Waals surface area contributed by atoms with Crippen LogP contribution >= 0.6 is 11.8 Å². The Morgan fingerprint density at radius 1 is 1.16 bits per heavy atom. The average molecular weight is 281 g/mol. The Balaban J connectivity index is 2.12. The minimum atomic E-state index is -0.355. The maximum atomic E-state index is 13.7. The molecular weight excluding hydrogens is 268 g/mol. The number of anilines is 1. The SMILES string of the molecule is COc1ccc(CSc2cc(F)ccc2N)c(F)c1. The smallest absolute Gasteiger partial charge is 0.130 e. The van der Waals surface area contributed by atoms with Gasteiger partial charge in [-0.1, -0.05) is 6.07 Å². The number of benzene rings is 2. The van der Waals surface area contributed by atoms with Crippen molar-refractivity contribution in [2.75, 3.05) is 12.8 Å². The molecule has 0 amide bonds. The predicted octanol–water partition coefficient (Wildman–Crippen LogP) is 3.85. The quantitative estimate of drug-likeness (QED) is 0.683. The van der Waals surface area contributed by atoms with Crippen LogP contribution in [0.5, 0.6) is 5.75 Å². The zero-order valence-corrected chi connectivity index (χ0v) is 11.1. The zero-order valence-electron chi connectivity index (χ0n) is 10.3. The molecule has 0 aromatic heterocycles. The van der Waals surface area contributed by atoms with Crippen molar-refractivity contribution in [2.45, 2.75) is 10.6 Å². The lowest BCUT2D eigenvalue weighted by Crippen LogP contribution is -1.93. The minimum absolute atomic E-state index is 0.346. The molecule has 0 saturated heterocycles. The number of nitrogens with two attached hydrogens (primary N) is 1. The van der Waals surface area contributed by atoms with Crippen molar-refractivity contribution in [3.8, 4) is 5.75 Å². The summed E-state index contributed by atoms with van der Waals surface area (Å²) in [7, 11) is 1.48. The fraction of sp³-hybridized carbons (Fsp3) is 0.143. The molecular formula is C14H13F2NOS. The number of nitrogen functional groups attached to an aromatic ring is 1. The molecule has 2 nitrogen and oxygen atoms in total. The molecule has 0 aliphatic rings. The fourth-order valence-electron chi connectivity index (χ4n) is 1.56. The maximum absolute atomic E-state index is 13.7. The van der Waals surface area contributed by atoms with Gasteiger partial charge in [0.2, 0.25) is 0 Å². The Kier molecular flexibility index (Phi) is 4.27. The normalized spacial score (nSPS) is 10.5. The molecule has 0 unspecified atom stereocenters. The summed E-state index contributed by atoms with van der Waals surface area (Å²) in [6.07, 6.45) is 0. The Labute approximate surface area is 114 Å². The predicted molar refractivity (Wildman–Crippen MR) is 73.3 cm³/mol. The van der Waals surface area contributed by atoms with E-state index in [-0.39, 0.29) is 11.6 Å². The first-order valence-electron chi connectivity index (χ1n) is 5.60.